The average molecular weight is 511 g/mol. The Kier molecular flexibility index (Phi) is 8.42. The van der Waals surface area contributed by atoms with Gasteiger partial charge in [-0.15, -0.1) is 0 Å². The second kappa shape index (κ2) is 11.9. The molecule has 1 aliphatic rings. The van der Waals surface area contributed by atoms with Crippen molar-refractivity contribution in [3.8, 4) is 0 Å². The Morgan fingerprint density at radius 3 is 2.03 bits per heavy atom. The van der Waals surface area contributed by atoms with Crippen LogP contribution in [-0.2, 0) is 0 Å². The zero-order chi connectivity index (χ0) is 26.4. The van der Waals surface area contributed by atoms with Crippen molar-refractivity contribution < 1.29 is 23.7 Å². The van der Waals surface area contributed by atoms with E-state index in [4.69, 9.17) is 5.21 Å². The van der Waals surface area contributed by atoms with E-state index in [0.717, 1.165) is 36.6 Å². The van der Waals surface area contributed by atoms with Crippen LogP contribution in [0.25, 0.3) is 0 Å². The highest BCUT2D eigenvalue weighted by Gasteiger charge is 2.25. The zero-order valence-electron chi connectivity index (χ0n) is 20.1. The molecular formula is C27H28F2N4O4. The largest absolute Gasteiger partial charge is 0.363 e. The van der Waals surface area contributed by atoms with E-state index in [-0.39, 0.29) is 28.8 Å². The third kappa shape index (κ3) is 6.46. The van der Waals surface area contributed by atoms with E-state index in [1.807, 2.05) is 4.90 Å². The Labute approximate surface area is 213 Å². The van der Waals surface area contributed by atoms with Gasteiger partial charge in [-0.3, -0.25) is 25.0 Å². The van der Waals surface area contributed by atoms with Crippen LogP contribution in [-0.4, -0.2) is 53.7 Å². The van der Waals surface area contributed by atoms with Crippen molar-refractivity contribution in [1.29, 1.82) is 0 Å². The van der Waals surface area contributed by atoms with E-state index < -0.39 is 10.8 Å². The molecule has 0 radical (unpaired) electrons. The Bertz CT molecular complexity index is 1180. The second-order valence-corrected chi connectivity index (χ2v) is 9.03. The summed E-state index contributed by atoms with van der Waals surface area (Å²) < 4.78 is 26.9. The molecular weight excluding hydrogens is 482 g/mol. The van der Waals surface area contributed by atoms with E-state index in [2.05, 4.69) is 4.90 Å². The lowest BCUT2D eigenvalue weighted by atomic mass is 9.87. The number of nitro benzene ring substituents is 1. The highest BCUT2D eigenvalue weighted by molar-refractivity contribution is 5.95. The number of benzene rings is 3. The molecule has 0 aromatic heterocycles. The minimum absolute atomic E-state index is 0.00782. The third-order valence-corrected chi connectivity index (χ3v) is 6.76. The molecule has 3 aromatic rings. The van der Waals surface area contributed by atoms with E-state index in [1.54, 1.807) is 24.3 Å². The highest BCUT2D eigenvalue weighted by Crippen LogP contribution is 2.32. The van der Waals surface area contributed by atoms with Crippen molar-refractivity contribution in [2.24, 2.45) is 0 Å². The predicted molar refractivity (Wildman–Crippen MR) is 135 cm³/mol. The standard InChI is InChI=1S/C27H28F2N4O4/c28-22-8-3-19(4-9-22)24(20-5-10-23(29)11-6-20)2-1-13-31-14-16-32(17-15-31)25-12-7-21(27(34)30-35)18-26(25)33(36)37/h3-12,18,24,35H,1-2,13-17H2,(H,30,34). The fourth-order valence-corrected chi connectivity index (χ4v) is 4.79. The lowest BCUT2D eigenvalue weighted by molar-refractivity contribution is -0.384. The van der Waals surface area contributed by atoms with Crippen molar-refractivity contribution >= 4 is 17.3 Å². The Hall–Kier alpha value is -3.89. The second-order valence-electron chi connectivity index (χ2n) is 9.03. The van der Waals surface area contributed by atoms with E-state index >= 15 is 0 Å². The van der Waals surface area contributed by atoms with Crippen LogP contribution >= 0.6 is 0 Å². The molecule has 1 amide bonds. The van der Waals surface area contributed by atoms with E-state index in [0.29, 0.717) is 31.9 Å². The summed E-state index contributed by atoms with van der Waals surface area (Å²) in [5.41, 5.74) is 3.70. The summed E-state index contributed by atoms with van der Waals surface area (Å²) in [6.45, 7) is 3.43. The first-order valence-electron chi connectivity index (χ1n) is 12.1. The van der Waals surface area contributed by atoms with Gasteiger partial charge in [-0.05, 0) is 66.9 Å². The molecule has 1 heterocycles. The topological polar surface area (TPSA) is 99.0 Å². The molecule has 3 aromatic carbocycles. The highest BCUT2D eigenvalue weighted by atomic mass is 19.1. The summed E-state index contributed by atoms with van der Waals surface area (Å²) in [6.07, 6.45) is 1.67. The third-order valence-electron chi connectivity index (χ3n) is 6.76. The van der Waals surface area contributed by atoms with Gasteiger partial charge in [0.25, 0.3) is 11.6 Å². The average Bonchev–Trinajstić information content (AvgIpc) is 2.92. The van der Waals surface area contributed by atoms with Crippen molar-refractivity contribution in [3.05, 3.63) is 105 Å². The van der Waals surface area contributed by atoms with Gasteiger partial charge in [-0.25, -0.2) is 14.3 Å². The van der Waals surface area contributed by atoms with Crippen LogP contribution in [0.4, 0.5) is 20.2 Å². The van der Waals surface area contributed by atoms with Gasteiger partial charge >= 0.3 is 0 Å². The first-order chi connectivity index (χ1) is 17.9. The van der Waals surface area contributed by atoms with Crippen molar-refractivity contribution in [2.45, 2.75) is 18.8 Å². The number of anilines is 1. The van der Waals surface area contributed by atoms with Gasteiger partial charge in [0.05, 0.1) is 4.92 Å². The Balaban J connectivity index is 1.36. The minimum atomic E-state index is -0.806. The number of piperazine rings is 1. The number of hydroxylamine groups is 1. The number of hydrogen-bond acceptors (Lipinski definition) is 6. The molecule has 0 aliphatic carbocycles. The van der Waals surface area contributed by atoms with Gasteiger partial charge in [-0.1, -0.05) is 24.3 Å². The smallest absolute Gasteiger partial charge is 0.293 e. The number of nitrogens with zero attached hydrogens (tertiary/aromatic N) is 3. The molecule has 37 heavy (non-hydrogen) atoms. The molecule has 0 unspecified atom stereocenters. The summed E-state index contributed by atoms with van der Waals surface area (Å²) in [5, 5.41) is 20.4. The summed E-state index contributed by atoms with van der Waals surface area (Å²) >= 11 is 0. The van der Waals surface area contributed by atoms with Gasteiger partial charge in [0.2, 0.25) is 0 Å². The predicted octanol–water partition coefficient (Wildman–Crippen LogP) is 4.73. The number of halogens is 2. The summed E-state index contributed by atoms with van der Waals surface area (Å²) in [5.74, 6) is -1.39. The maximum atomic E-state index is 13.5. The molecule has 0 saturated carbocycles. The summed E-state index contributed by atoms with van der Waals surface area (Å²) in [6, 6.07) is 17.0. The molecule has 0 spiro atoms. The molecule has 0 atom stereocenters. The molecule has 1 fully saturated rings. The lowest BCUT2D eigenvalue weighted by Gasteiger charge is -2.36. The SMILES string of the molecule is O=C(NO)c1ccc(N2CCN(CCCC(c3ccc(F)cc3)c3ccc(F)cc3)CC2)c([N+](=O)[O-])c1. The number of rotatable bonds is 9. The zero-order valence-corrected chi connectivity index (χ0v) is 20.1. The van der Waals surface area contributed by atoms with Gasteiger partial charge in [0.15, 0.2) is 0 Å². The summed E-state index contributed by atoms with van der Waals surface area (Å²) in [4.78, 5) is 26.9. The summed E-state index contributed by atoms with van der Waals surface area (Å²) in [7, 11) is 0. The number of nitro groups is 1. The van der Waals surface area contributed by atoms with Gasteiger partial charge in [0, 0.05) is 43.7 Å². The van der Waals surface area contributed by atoms with Crippen LogP contribution in [0.15, 0.2) is 66.7 Å². The first kappa shape index (κ1) is 26.2. The molecule has 10 heteroatoms. The molecule has 1 aliphatic heterocycles. The molecule has 8 nitrogen and oxygen atoms in total. The van der Waals surface area contributed by atoms with Crippen LogP contribution in [0.2, 0.25) is 0 Å². The monoisotopic (exact) mass is 510 g/mol. The minimum Gasteiger partial charge on any atom is -0.363 e. The van der Waals surface area contributed by atoms with E-state index in [1.165, 1.54) is 41.9 Å². The van der Waals surface area contributed by atoms with Crippen molar-refractivity contribution in [1.82, 2.24) is 10.4 Å². The van der Waals surface area contributed by atoms with Gasteiger partial charge in [0.1, 0.15) is 17.3 Å². The fraction of sp³-hybridized carbons (Fsp3) is 0.296. The molecule has 4 rings (SSSR count). The number of nitrogens with one attached hydrogen (secondary N) is 1. The van der Waals surface area contributed by atoms with Crippen LogP contribution in [0, 0.1) is 21.7 Å². The lowest BCUT2D eigenvalue weighted by Crippen LogP contribution is -2.46. The Morgan fingerprint density at radius 1 is 0.946 bits per heavy atom. The van der Waals surface area contributed by atoms with Crippen molar-refractivity contribution in [3.63, 3.8) is 0 Å². The van der Waals surface area contributed by atoms with Gasteiger partial charge < -0.3 is 4.90 Å². The normalized spacial score (nSPS) is 14.1. The first-order valence-corrected chi connectivity index (χ1v) is 12.1. The maximum Gasteiger partial charge on any atom is 0.293 e. The number of hydrogen-bond donors (Lipinski definition) is 2. The molecule has 0 bridgehead atoms. The number of carbonyl (C=O) groups is 1. The molecule has 194 valence electrons. The van der Waals surface area contributed by atoms with Crippen molar-refractivity contribution in [2.75, 3.05) is 37.6 Å². The van der Waals surface area contributed by atoms with Crippen LogP contribution in [0.1, 0.15) is 40.2 Å². The fourth-order valence-electron chi connectivity index (χ4n) is 4.79. The van der Waals surface area contributed by atoms with Crippen LogP contribution in [0.5, 0.6) is 0 Å². The quantitative estimate of drug-likeness (QED) is 0.245. The van der Waals surface area contributed by atoms with Crippen LogP contribution in [0.3, 0.4) is 0 Å². The van der Waals surface area contributed by atoms with E-state index in [9.17, 15) is 23.7 Å². The number of carbonyl (C=O) groups excluding carboxylic acids is 1. The van der Waals surface area contributed by atoms with Crippen LogP contribution < -0.4 is 10.4 Å². The maximum absolute atomic E-state index is 13.5. The molecule has 2 N–H and O–H groups in total. The Morgan fingerprint density at radius 2 is 1.51 bits per heavy atom. The van der Waals surface area contributed by atoms with Gasteiger partial charge in [-0.2, -0.15) is 0 Å². The number of amides is 1. The molecule has 1 saturated heterocycles.